The number of aliphatic carboxylic acids is 1. The summed E-state index contributed by atoms with van der Waals surface area (Å²) < 4.78 is 0. The van der Waals surface area contributed by atoms with Crippen LogP contribution in [0.15, 0.2) is 30.3 Å². The van der Waals surface area contributed by atoms with E-state index in [2.05, 4.69) is 10.3 Å². The molecular weight excluding hydrogens is 324 g/mol. The Morgan fingerprint density at radius 1 is 1.17 bits per heavy atom. The van der Waals surface area contributed by atoms with E-state index in [-0.39, 0.29) is 12.3 Å². The van der Waals surface area contributed by atoms with E-state index >= 15 is 0 Å². The number of aryl methyl sites for hydroxylation is 1. The number of nitrogens with zero attached hydrogens (tertiary/aromatic N) is 1. The smallest absolute Gasteiger partial charge is 0.303 e. The summed E-state index contributed by atoms with van der Waals surface area (Å²) in [6, 6.07) is 10.1. The van der Waals surface area contributed by atoms with Gasteiger partial charge in [0.25, 0.3) is 5.91 Å². The fourth-order valence-electron chi connectivity index (χ4n) is 2.37. The third-order valence-electron chi connectivity index (χ3n) is 3.60. The first-order chi connectivity index (χ1) is 11.6. The molecular formula is C18H22N2O3S. The molecule has 0 fully saturated rings. The normalized spacial score (nSPS) is 10.5. The quantitative estimate of drug-likeness (QED) is 0.682. The van der Waals surface area contributed by atoms with Crippen LogP contribution < -0.4 is 5.32 Å². The molecule has 0 atom stereocenters. The van der Waals surface area contributed by atoms with Gasteiger partial charge in [0.1, 0.15) is 4.88 Å². The zero-order chi connectivity index (χ0) is 17.4. The first-order valence-electron chi connectivity index (χ1n) is 8.06. The van der Waals surface area contributed by atoms with E-state index in [1.54, 1.807) is 0 Å². The third-order valence-corrected chi connectivity index (χ3v) is 4.75. The molecule has 2 N–H and O–H groups in total. The van der Waals surface area contributed by atoms with Crippen LogP contribution in [0.4, 0.5) is 0 Å². The molecule has 6 heteroatoms. The van der Waals surface area contributed by atoms with Crippen LogP contribution in [0.2, 0.25) is 0 Å². The number of amides is 1. The van der Waals surface area contributed by atoms with Crippen molar-refractivity contribution in [1.29, 1.82) is 0 Å². The number of benzene rings is 1. The minimum absolute atomic E-state index is 0.0949. The molecule has 0 radical (unpaired) electrons. The van der Waals surface area contributed by atoms with Crippen LogP contribution in [-0.2, 0) is 11.2 Å². The van der Waals surface area contributed by atoms with E-state index in [4.69, 9.17) is 5.11 Å². The maximum absolute atomic E-state index is 12.2. The number of carbonyl (C=O) groups excluding carboxylic acids is 1. The molecule has 1 heterocycles. The van der Waals surface area contributed by atoms with Gasteiger partial charge in [-0.05, 0) is 25.3 Å². The standard InChI is InChI=1S/C18H22N2O3S/c1-13-17(18(23)19-11-7-3-6-10-16(21)22)24-15(20-13)12-14-8-4-2-5-9-14/h2,4-5,8-9H,3,6-7,10-12H2,1H3,(H,19,23)(H,21,22). The minimum Gasteiger partial charge on any atom is -0.481 e. The molecule has 0 unspecified atom stereocenters. The highest BCUT2D eigenvalue weighted by atomic mass is 32.1. The molecule has 5 nitrogen and oxygen atoms in total. The van der Waals surface area contributed by atoms with E-state index in [1.165, 1.54) is 16.9 Å². The zero-order valence-electron chi connectivity index (χ0n) is 13.7. The number of nitrogens with one attached hydrogen (secondary N) is 1. The number of carbonyl (C=O) groups is 2. The van der Waals surface area contributed by atoms with Gasteiger partial charge in [-0.25, -0.2) is 4.98 Å². The number of hydrogen-bond acceptors (Lipinski definition) is 4. The Balaban J connectivity index is 1.81. The van der Waals surface area contributed by atoms with Gasteiger partial charge in [-0.2, -0.15) is 0 Å². The molecule has 2 aromatic rings. The lowest BCUT2D eigenvalue weighted by Crippen LogP contribution is -2.24. The number of aromatic nitrogens is 1. The van der Waals surface area contributed by atoms with E-state index < -0.39 is 5.97 Å². The summed E-state index contributed by atoms with van der Waals surface area (Å²) in [6.07, 6.45) is 3.15. The van der Waals surface area contributed by atoms with Crippen molar-refractivity contribution in [3.8, 4) is 0 Å². The fraction of sp³-hybridized carbons (Fsp3) is 0.389. The van der Waals surface area contributed by atoms with Crippen molar-refractivity contribution < 1.29 is 14.7 Å². The van der Waals surface area contributed by atoms with Crippen LogP contribution in [0.1, 0.15) is 51.6 Å². The maximum atomic E-state index is 12.2. The highest BCUT2D eigenvalue weighted by molar-refractivity contribution is 7.13. The van der Waals surface area contributed by atoms with Crippen LogP contribution in [0.25, 0.3) is 0 Å². The average molecular weight is 346 g/mol. The summed E-state index contributed by atoms with van der Waals surface area (Å²) in [5.41, 5.74) is 1.94. The highest BCUT2D eigenvalue weighted by Crippen LogP contribution is 2.20. The lowest BCUT2D eigenvalue weighted by molar-refractivity contribution is -0.137. The summed E-state index contributed by atoms with van der Waals surface area (Å²) in [7, 11) is 0. The molecule has 0 saturated carbocycles. The number of carboxylic acid groups (broad SMARTS) is 1. The van der Waals surface area contributed by atoms with Crippen molar-refractivity contribution in [2.75, 3.05) is 6.54 Å². The second-order valence-electron chi connectivity index (χ2n) is 5.64. The Morgan fingerprint density at radius 3 is 2.62 bits per heavy atom. The van der Waals surface area contributed by atoms with Gasteiger partial charge in [-0.15, -0.1) is 11.3 Å². The monoisotopic (exact) mass is 346 g/mol. The predicted octanol–water partition coefficient (Wildman–Crippen LogP) is 3.42. The summed E-state index contributed by atoms with van der Waals surface area (Å²) in [5, 5.41) is 12.4. The van der Waals surface area contributed by atoms with Gasteiger partial charge >= 0.3 is 5.97 Å². The highest BCUT2D eigenvalue weighted by Gasteiger charge is 2.15. The molecule has 0 bridgehead atoms. The summed E-state index contributed by atoms with van der Waals surface area (Å²) in [6.45, 7) is 2.41. The number of carboxylic acids is 1. The Kier molecular flexibility index (Phi) is 6.93. The summed E-state index contributed by atoms with van der Waals surface area (Å²) >= 11 is 1.43. The molecule has 1 aromatic heterocycles. The lowest BCUT2D eigenvalue weighted by Gasteiger charge is -2.03. The van der Waals surface area contributed by atoms with Crippen molar-refractivity contribution in [1.82, 2.24) is 10.3 Å². The van der Waals surface area contributed by atoms with Gasteiger partial charge in [0.05, 0.1) is 10.7 Å². The fourth-order valence-corrected chi connectivity index (χ4v) is 3.38. The van der Waals surface area contributed by atoms with Crippen molar-refractivity contribution in [2.24, 2.45) is 0 Å². The second kappa shape index (κ2) is 9.17. The van der Waals surface area contributed by atoms with Crippen LogP contribution >= 0.6 is 11.3 Å². The van der Waals surface area contributed by atoms with E-state index in [1.807, 2.05) is 37.3 Å². The van der Waals surface area contributed by atoms with Gasteiger partial charge in [0.2, 0.25) is 0 Å². The van der Waals surface area contributed by atoms with E-state index in [0.717, 1.165) is 30.0 Å². The molecule has 0 spiro atoms. The van der Waals surface area contributed by atoms with Crippen LogP contribution in [-0.4, -0.2) is 28.5 Å². The molecule has 24 heavy (non-hydrogen) atoms. The maximum Gasteiger partial charge on any atom is 0.303 e. The first-order valence-corrected chi connectivity index (χ1v) is 8.88. The Labute approximate surface area is 145 Å². The number of unbranched alkanes of at least 4 members (excludes halogenated alkanes) is 2. The summed E-state index contributed by atoms with van der Waals surface area (Å²) in [5.74, 6) is -0.868. The molecule has 0 aliphatic carbocycles. The lowest BCUT2D eigenvalue weighted by atomic mass is 10.2. The van der Waals surface area contributed by atoms with Crippen LogP contribution in [0.5, 0.6) is 0 Å². The topological polar surface area (TPSA) is 79.3 Å². The molecule has 0 saturated heterocycles. The van der Waals surface area contributed by atoms with Crippen molar-refractivity contribution in [3.63, 3.8) is 0 Å². The Morgan fingerprint density at radius 2 is 1.92 bits per heavy atom. The molecule has 0 aliphatic rings. The predicted molar refractivity (Wildman–Crippen MR) is 94.5 cm³/mol. The molecule has 0 aliphatic heterocycles. The number of rotatable bonds is 9. The molecule has 1 amide bonds. The Bertz CT molecular complexity index is 683. The van der Waals surface area contributed by atoms with E-state index in [9.17, 15) is 9.59 Å². The van der Waals surface area contributed by atoms with Crippen molar-refractivity contribution in [2.45, 2.75) is 39.0 Å². The number of thiazole rings is 1. The molecule has 128 valence electrons. The van der Waals surface area contributed by atoms with Crippen LogP contribution in [0.3, 0.4) is 0 Å². The van der Waals surface area contributed by atoms with Crippen molar-refractivity contribution >= 4 is 23.2 Å². The zero-order valence-corrected chi connectivity index (χ0v) is 14.6. The van der Waals surface area contributed by atoms with Gasteiger partial charge < -0.3 is 10.4 Å². The second-order valence-corrected chi connectivity index (χ2v) is 6.73. The van der Waals surface area contributed by atoms with E-state index in [0.29, 0.717) is 17.8 Å². The van der Waals surface area contributed by atoms with Gasteiger partial charge in [0, 0.05) is 19.4 Å². The Hall–Kier alpha value is -2.21. The van der Waals surface area contributed by atoms with Crippen LogP contribution in [0, 0.1) is 6.92 Å². The number of hydrogen-bond donors (Lipinski definition) is 2. The minimum atomic E-state index is -0.773. The largest absolute Gasteiger partial charge is 0.481 e. The molecule has 2 rings (SSSR count). The third kappa shape index (κ3) is 5.77. The average Bonchev–Trinajstić information content (AvgIpc) is 2.91. The first kappa shape index (κ1) is 18.1. The van der Waals surface area contributed by atoms with Crippen molar-refractivity contribution in [3.05, 3.63) is 51.5 Å². The van der Waals surface area contributed by atoms with Gasteiger partial charge in [-0.1, -0.05) is 36.8 Å². The van der Waals surface area contributed by atoms with Gasteiger partial charge in [-0.3, -0.25) is 9.59 Å². The summed E-state index contributed by atoms with van der Waals surface area (Å²) in [4.78, 5) is 27.8. The molecule has 1 aromatic carbocycles. The van der Waals surface area contributed by atoms with Gasteiger partial charge in [0.15, 0.2) is 0 Å². The SMILES string of the molecule is Cc1nc(Cc2ccccc2)sc1C(=O)NCCCCCC(=O)O.